The van der Waals surface area contributed by atoms with Crippen molar-refractivity contribution in [3.8, 4) is 0 Å². The minimum atomic E-state index is -0.352. The molecule has 1 atom stereocenters. The maximum Gasteiger partial charge on any atom is 0.261 e. The average molecular weight is 306 g/mol. The molecule has 1 saturated heterocycles. The second-order valence-electron chi connectivity index (χ2n) is 5.53. The fraction of sp³-hybridized carbons (Fsp3) is 0.500. The van der Waals surface area contributed by atoms with Gasteiger partial charge in [0.15, 0.2) is 6.29 Å². The second-order valence-corrected chi connectivity index (χ2v) is 5.53. The summed E-state index contributed by atoms with van der Waals surface area (Å²) in [6, 6.07) is 2.84. The van der Waals surface area contributed by atoms with E-state index in [-0.39, 0.29) is 17.7 Å². The van der Waals surface area contributed by atoms with Gasteiger partial charge in [-0.3, -0.25) is 9.36 Å². The van der Waals surface area contributed by atoms with E-state index in [9.17, 15) is 9.18 Å². The number of ether oxygens (including phenoxy) is 2. The quantitative estimate of drug-likeness (QED) is 0.870. The van der Waals surface area contributed by atoms with E-state index in [1.54, 1.807) is 13.0 Å². The number of rotatable bonds is 4. The van der Waals surface area contributed by atoms with Gasteiger partial charge in [-0.25, -0.2) is 9.37 Å². The zero-order valence-corrected chi connectivity index (χ0v) is 12.5. The third kappa shape index (κ3) is 3.18. The molecule has 22 heavy (non-hydrogen) atoms. The zero-order valence-electron chi connectivity index (χ0n) is 12.5. The smallest absolute Gasteiger partial charge is 0.261 e. The van der Waals surface area contributed by atoms with Gasteiger partial charge in [-0.1, -0.05) is 0 Å². The summed E-state index contributed by atoms with van der Waals surface area (Å²) in [6.07, 6.45) is 4.33. The highest BCUT2D eigenvalue weighted by molar-refractivity contribution is 5.78. The van der Waals surface area contributed by atoms with Crippen LogP contribution in [-0.2, 0) is 16.0 Å². The highest BCUT2D eigenvalue weighted by atomic mass is 19.1. The molecule has 3 rings (SSSR count). The number of benzene rings is 1. The highest BCUT2D eigenvalue weighted by Crippen LogP contribution is 2.15. The van der Waals surface area contributed by atoms with Crippen molar-refractivity contribution in [3.05, 3.63) is 40.2 Å². The summed E-state index contributed by atoms with van der Waals surface area (Å²) in [5, 5.41) is 0.426. The molecule has 1 aromatic carbocycles. The van der Waals surface area contributed by atoms with E-state index < -0.39 is 0 Å². The maximum absolute atomic E-state index is 13.5. The molecule has 1 aromatic heterocycles. The highest BCUT2D eigenvalue weighted by Gasteiger charge is 2.14. The van der Waals surface area contributed by atoms with Crippen molar-refractivity contribution in [1.82, 2.24) is 9.55 Å². The first-order chi connectivity index (χ1) is 10.6. The zero-order chi connectivity index (χ0) is 15.5. The van der Waals surface area contributed by atoms with Crippen molar-refractivity contribution in [2.45, 2.75) is 39.0 Å². The van der Waals surface area contributed by atoms with Gasteiger partial charge in [-0.05, 0) is 37.8 Å². The number of hydrogen-bond donors (Lipinski definition) is 0. The van der Waals surface area contributed by atoms with Crippen LogP contribution in [-0.4, -0.2) is 29.1 Å². The van der Waals surface area contributed by atoms with E-state index in [4.69, 9.17) is 9.47 Å². The van der Waals surface area contributed by atoms with Crippen molar-refractivity contribution in [3.63, 3.8) is 0 Å². The molecule has 6 heteroatoms. The molecule has 0 N–H and O–H groups in total. The van der Waals surface area contributed by atoms with Crippen LogP contribution in [0.15, 0.2) is 23.3 Å². The number of aryl methyl sites for hydroxylation is 1. The van der Waals surface area contributed by atoms with Gasteiger partial charge in [0.2, 0.25) is 0 Å². The third-order valence-corrected chi connectivity index (χ3v) is 3.88. The van der Waals surface area contributed by atoms with Crippen molar-refractivity contribution < 1.29 is 13.9 Å². The molecule has 0 amide bonds. The predicted octanol–water partition coefficient (Wildman–Crippen LogP) is 2.39. The lowest BCUT2D eigenvalue weighted by atomic mass is 10.1. The molecule has 0 saturated carbocycles. The Kier molecular flexibility index (Phi) is 4.49. The fourth-order valence-electron chi connectivity index (χ4n) is 2.57. The standard InChI is InChI=1S/C16H19FN2O3/c1-11-8-12-14(9-13(11)17)18-10-19(16(12)20)5-7-22-15-4-2-3-6-21-15/h8-10,15H,2-7H2,1H3. The lowest BCUT2D eigenvalue weighted by Gasteiger charge is -2.22. The number of nitrogens with zero attached hydrogens (tertiary/aromatic N) is 2. The molecule has 5 nitrogen and oxygen atoms in total. The Bertz CT molecular complexity index is 723. The Morgan fingerprint density at radius 3 is 3.09 bits per heavy atom. The van der Waals surface area contributed by atoms with Gasteiger partial charge in [0, 0.05) is 12.7 Å². The molecule has 1 unspecified atom stereocenters. The van der Waals surface area contributed by atoms with E-state index in [0.717, 1.165) is 25.9 Å². The molecule has 2 heterocycles. The summed E-state index contributed by atoms with van der Waals surface area (Å²) < 4.78 is 26.1. The van der Waals surface area contributed by atoms with Crippen LogP contribution in [0.3, 0.4) is 0 Å². The summed E-state index contributed by atoms with van der Waals surface area (Å²) in [5.74, 6) is -0.352. The van der Waals surface area contributed by atoms with E-state index >= 15 is 0 Å². The molecule has 1 aliphatic rings. The van der Waals surface area contributed by atoms with Crippen LogP contribution in [0.2, 0.25) is 0 Å². The Balaban J connectivity index is 1.72. The monoisotopic (exact) mass is 306 g/mol. The Labute approximate surface area is 127 Å². The summed E-state index contributed by atoms with van der Waals surface area (Å²) in [4.78, 5) is 16.5. The van der Waals surface area contributed by atoms with Crippen LogP contribution in [0, 0.1) is 12.7 Å². The summed E-state index contributed by atoms with van der Waals surface area (Å²) >= 11 is 0. The number of halogens is 1. The van der Waals surface area contributed by atoms with Crippen LogP contribution in [0.4, 0.5) is 4.39 Å². The molecular weight excluding hydrogens is 287 g/mol. The predicted molar refractivity (Wildman–Crippen MR) is 80.2 cm³/mol. The number of aromatic nitrogens is 2. The summed E-state index contributed by atoms with van der Waals surface area (Å²) in [6.45, 7) is 3.15. The molecule has 0 bridgehead atoms. The molecule has 0 aliphatic carbocycles. The minimum Gasteiger partial charge on any atom is -0.353 e. The van der Waals surface area contributed by atoms with Gasteiger partial charge >= 0.3 is 0 Å². The van der Waals surface area contributed by atoms with Crippen molar-refractivity contribution in [2.24, 2.45) is 0 Å². The normalized spacial score (nSPS) is 18.7. The Morgan fingerprint density at radius 2 is 2.32 bits per heavy atom. The van der Waals surface area contributed by atoms with Gasteiger partial charge < -0.3 is 9.47 Å². The van der Waals surface area contributed by atoms with Crippen molar-refractivity contribution >= 4 is 10.9 Å². The first kappa shape index (κ1) is 15.1. The summed E-state index contributed by atoms with van der Waals surface area (Å²) in [7, 11) is 0. The van der Waals surface area contributed by atoms with E-state index in [1.807, 2.05) is 0 Å². The van der Waals surface area contributed by atoms with Crippen molar-refractivity contribution in [2.75, 3.05) is 13.2 Å². The molecule has 0 radical (unpaired) electrons. The third-order valence-electron chi connectivity index (χ3n) is 3.88. The Hall–Kier alpha value is -1.79. The van der Waals surface area contributed by atoms with Crippen LogP contribution in [0.5, 0.6) is 0 Å². The first-order valence-corrected chi connectivity index (χ1v) is 7.53. The van der Waals surface area contributed by atoms with Gasteiger partial charge in [0.25, 0.3) is 5.56 Å². The molecule has 1 fully saturated rings. The van der Waals surface area contributed by atoms with Crippen LogP contribution in [0.1, 0.15) is 24.8 Å². The molecule has 0 spiro atoms. The van der Waals surface area contributed by atoms with Gasteiger partial charge in [0.05, 0.1) is 30.4 Å². The lowest BCUT2D eigenvalue weighted by Crippen LogP contribution is -2.27. The van der Waals surface area contributed by atoms with E-state index in [2.05, 4.69) is 4.98 Å². The fourth-order valence-corrected chi connectivity index (χ4v) is 2.57. The van der Waals surface area contributed by atoms with Gasteiger partial charge in [-0.15, -0.1) is 0 Å². The van der Waals surface area contributed by atoms with Gasteiger partial charge in [-0.2, -0.15) is 0 Å². The average Bonchev–Trinajstić information content (AvgIpc) is 2.53. The van der Waals surface area contributed by atoms with Crippen molar-refractivity contribution in [1.29, 1.82) is 0 Å². The van der Waals surface area contributed by atoms with Gasteiger partial charge in [0.1, 0.15) is 5.82 Å². The SMILES string of the molecule is Cc1cc2c(=O)n(CCOC3CCCCO3)cnc2cc1F. The molecule has 1 aliphatic heterocycles. The molecule has 2 aromatic rings. The van der Waals surface area contributed by atoms with E-state index in [0.29, 0.717) is 29.6 Å². The molecular formula is C16H19FN2O3. The lowest BCUT2D eigenvalue weighted by molar-refractivity contribution is -0.163. The van der Waals surface area contributed by atoms with E-state index in [1.165, 1.54) is 17.0 Å². The largest absolute Gasteiger partial charge is 0.353 e. The minimum absolute atomic E-state index is 0.172. The maximum atomic E-state index is 13.5. The topological polar surface area (TPSA) is 53.4 Å². The first-order valence-electron chi connectivity index (χ1n) is 7.53. The number of hydrogen-bond acceptors (Lipinski definition) is 4. The number of fused-ring (bicyclic) bond motifs is 1. The molecule has 118 valence electrons. The Morgan fingerprint density at radius 1 is 1.45 bits per heavy atom. The van der Waals surface area contributed by atoms with Crippen LogP contribution < -0.4 is 5.56 Å². The van der Waals surface area contributed by atoms with Crippen LogP contribution >= 0.6 is 0 Å². The summed E-state index contributed by atoms with van der Waals surface area (Å²) in [5.41, 5.74) is 0.637. The van der Waals surface area contributed by atoms with Crippen LogP contribution in [0.25, 0.3) is 10.9 Å². The second kappa shape index (κ2) is 6.54.